The van der Waals surface area contributed by atoms with Gasteiger partial charge in [0.1, 0.15) is 5.75 Å². The molecule has 8 heteroatoms. The zero-order chi connectivity index (χ0) is 22.8. The zero-order valence-electron chi connectivity index (χ0n) is 18.6. The van der Waals surface area contributed by atoms with Gasteiger partial charge in [0.15, 0.2) is 0 Å². The maximum absolute atomic E-state index is 12.5. The van der Waals surface area contributed by atoms with Crippen LogP contribution in [-0.4, -0.2) is 51.8 Å². The molecule has 3 heterocycles. The summed E-state index contributed by atoms with van der Waals surface area (Å²) in [6, 6.07) is 13.3. The van der Waals surface area contributed by atoms with Gasteiger partial charge in [0.05, 0.1) is 29.4 Å². The SMILES string of the molecule is Cn1nc(C2CC2)cc1Oc1cc(C#N)ccc1-c1ccc(CC(=O)N2CCNCC2)cn1. The van der Waals surface area contributed by atoms with Crippen LogP contribution in [0.5, 0.6) is 11.6 Å². The van der Waals surface area contributed by atoms with Gasteiger partial charge in [-0.25, -0.2) is 4.68 Å². The molecule has 1 saturated heterocycles. The molecule has 2 aromatic heterocycles. The van der Waals surface area contributed by atoms with Crippen molar-refractivity contribution in [1.82, 2.24) is 25.0 Å². The van der Waals surface area contributed by atoms with E-state index < -0.39 is 0 Å². The number of nitrogens with one attached hydrogen (secondary N) is 1. The lowest BCUT2D eigenvalue weighted by Gasteiger charge is -2.27. The Bertz CT molecular complexity index is 1200. The first-order chi connectivity index (χ1) is 16.1. The Kier molecular flexibility index (Phi) is 5.80. The number of amides is 1. The Hall–Kier alpha value is -3.70. The quantitative estimate of drug-likeness (QED) is 0.631. The van der Waals surface area contributed by atoms with Gasteiger partial charge < -0.3 is 15.0 Å². The van der Waals surface area contributed by atoms with E-state index >= 15 is 0 Å². The number of carbonyl (C=O) groups is 1. The highest BCUT2D eigenvalue weighted by molar-refractivity contribution is 5.79. The van der Waals surface area contributed by atoms with Crippen LogP contribution in [0.3, 0.4) is 0 Å². The lowest BCUT2D eigenvalue weighted by atomic mass is 10.1. The molecule has 0 spiro atoms. The number of rotatable bonds is 6. The van der Waals surface area contributed by atoms with Gasteiger partial charge in [-0.3, -0.25) is 9.78 Å². The van der Waals surface area contributed by atoms with Crippen molar-refractivity contribution in [2.24, 2.45) is 7.05 Å². The zero-order valence-corrected chi connectivity index (χ0v) is 18.6. The highest BCUT2D eigenvalue weighted by Crippen LogP contribution is 2.41. The molecule has 5 rings (SSSR count). The molecule has 33 heavy (non-hydrogen) atoms. The summed E-state index contributed by atoms with van der Waals surface area (Å²) < 4.78 is 7.94. The highest BCUT2D eigenvalue weighted by atomic mass is 16.5. The maximum Gasteiger partial charge on any atom is 0.227 e. The van der Waals surface area contributed by atoms with E-state index in [1.807, 2.05) is 36.2 Å². The number of benzene rings is 1. The number of carbonyl (C=O) groups excluding carboxylic acids is 1. The number of hydrogen-bond donors (Lipinski definition) is 1. The number of ether oxygens (including phenoxy) is 1. The predicted octanol–water partition coefficient (Wildman–Crippen LogP) is 3.00. The van der Waals surface area contributed by atoms with Crippen LogP contribution < -0.4 is 10.1 Å². The first-order valence-electron chi connectivity index (χ1n) is 11.3. The first kappa shape index (κ1) is 21.2. The van der Waals surface area contributed by atoms with Crippen molar-refractivity contribution in [2.45, 2.75) is 25.2 Å². The van der Waals surface area contributed by atoms with Crippen LogP contribution in [0.2, 0.25) is 0 Å². The van der Waals surface area contributed by atoms with Crippen molar-refractivity contribution in [3.63, 3.8) is 0 Å². The van der Waals surface area contributed by atoms with Gasteiger partial charge in [-0.2, -0.15) is 10.4 Å². The molecule has 168 valence electrons. The van der Waals surface area contributed by atoms with Crippen LogP contribution in [0.15, 0.2) is 42.6 Å². The third-order valence-electron chi connectivity index (χ3n) is 6.10. The number of aryl methyl sites for hydroxylation is 1. The molecule has 1 aliphatic carbocycles. The van der Waals surface area contributed by atoms with Crippen molar-refractivity contribution < 1.29 is 9.53 Å². The molecule has 3 aromatic rings. The van der Waals surface area contributed by atoms with Crippen molar-refractivity contribution in [3.8, 4) is 29.0 Å². The van der Waals surface area contributed by atoms with Gasteiger partial charge in [0.25, 0.3) is 0 Å². The van der Waals surface area contributed by atoms with Crippen LogP contribution in [0, 0.1) is 11.3 Å². The Morgan fingerprint density at radius 2 is 2.03 bits per heavy atom. The second-order valence-corrected chi connectivity index (χ2v) is 8.59. The van der Waals surface area contributed by atoms with Gasteiger partial charge in [0.2, 0.25) is 11.8 Å². The fourth-order valence-electron chi connectivity index (χ4n) is 4.04. The second-order valence-electron chi connectivity index (χ2n) is 8.59. The molecular weight excluding hydrogens is 416 g/mol. The predicted molar refractivity (Wildman–Crippen MR) is 123 cm³/mol. The third-order valence-corrected chi connectivity index (χ3v) is 6.10. The van der Waals surface area contributed by atoms with Crippen molar-refractivity contribution >= 4 is 5.91 Å². The first-order valence-corrected chi connectivity index (χ1v) is 11.3. The summed E-state index contributed by atoms with van der Waals surface area (Å²) in [7, 11) is 1.86. The van der Waals surface area contributed by atoms with Gasteiger partial charge >= 0.3 is 0 Å². The lowest BCUT2D eigenvalue weighted by Crippen LogP contribution is -2.46. The van der Waals surface area contributed by atoms with Crippen molar-refractivity contribution in [1.29, 1.82) is 5.26 Å². The topological polar surface area (TPSA) is 96.1 Å². The monoisotopic (exact) mass is 442 g/mol. The summed E-state index contributed by atoms with van der Waals surface area (Å²) in [5.41, 5.74) is 3.93. The molecule has 8 nitrogen and oxygen atoms in total. The number of piperazine rings is 1. The number of pyridine rings is 1. The molecule has 1 N–H and O–H groups in total. The third kappa shape index (κ3) is 4.73. The number of nitriles is 1. The van der Waals surface area contributed by atoms with Crippen molar-refractivity contribution in [2.75, 3.05) is 26.2 Å². The van der Waals surface area contributed by atoms with Crippen LogP contribution >= 0.6 is 0 Å². The number of hydrogen-bond acceptors (Lipinski definition) is 6. The Balaban J connectivity index is 1.37. The number of nitrogens with zero attached hydrogens (tertiary/aromatic N) is 5. The molecule has 1 amide bonds. The fourth-order valence-corrected chi connectivity index (χ4v) is 4.04. The molecule has 0 bridgehead atoms. The van der Waals surface area contributed by atoms with E-state index in [4.69, 9.17) is 4.74 Å². The van der Waals surface area contributed by atoms with Crippen LogP contribution in [-0.2, 0) is 18.3 Å². The van der Waals surface area contributed by atoms with Crippen LogP contribution in [0.1, 0.15) is 35.6 Å². The molecule has 1 aromatic carbocycles. The minimum atomic E-state index is 0.121. The molecule has 2 fully saturated rings. The molecule has 0 radical (unpaired) electrons. The average molecular weight is 443 g/mol. The number of aromatic nitrogens is 3. The van der Waals surface area contributed by atoms with Gasteiger partial charge in [0, 0.05) is 57.0 Å². The average Bonchev–Trinajstić information content (AvgIpc) is 3.64. The molecular formula is C25H26N6O2. The van der Waals surface area contributed by atoms with E-state index in [0.29, 0.717) is 29.5 Å². The summed E-state index contributed by atoms with van der Waals surface area (Å²) in [6.07, 6.45) is 4.41. The van der Waals surface area contributed by atoms with E-state index in [2.05, 4.69) is 21.5 Å². The lowest BCUT2D eigenvalue weighted by molar-refractivity contribution is -0.131. The fraction of sp³-hybridized carbons (Fsp3) is 0.360. The largest absolute Gasteiger partial charge is 0.439 e. The molecule has 0 atom stereocenters. The molecule has 1 saturated carbocycles. The van der Waals surface area contributed by atoms with Gasteiger partial charge in [-0.1, -0.05) is 6.07 Å². The van der Waals surface area contributed by atoms with Gasteiger partial charge in [-0.05, 0) is 42.7 Å². The smallest absolute Gasteiger partial charge is 0.227 e. The van der Waals surface area contributed by atoms with Crippen molar-refractivity contribution in [3.05, 3.63) is 59.4 Å². The normalized spacial score (nSPS) is 15.8. The van der Waals surface area contributed by atoms with E-state index in [0.717, 1.165) is 48.7 Å². The van der Waals surface area contributed by atoms with Crippen LogP contribution in [0.25, 0.3) is 11.3 Å². The molecule has 2 aliphatic rings. The van der Waals surface area contributed by atoms with E-state index in [1.165, 1.54) is 12.8 Å². The summed E-state index contributed by atoms with van der Waals surface area (Å²) >= 11 is 0. The Morgan fingerprint density at radius 3 is 2.73 bits per heavy atom. The van der Waals surface area contributed by atoms with E-state index in [1.54, 1.807) is 23.0 Å². The second kappa shape index (κ2) is 9.04. The Morgan fingerprint density at radius 1 is 1.21 bits per heavy atom. The minimum absolute atomic E-state index is 0.121. The van der Waals surface area contributed by atoms with E-state index in [-0.39, 0.29) is 5.91 Å². The maximum atomic E-state index is 12.5. The molecule has 1 aliphatic heterocycles. The van der Waals surface area contributed by atoms with Crippen LogP contribution in [0.4, 0.5) is 0 Å². The highest BCUT2D eigenvalue weighted by Gasteiger charge is 2.27. The Labute approximate surface area is 192 Å². The summed E-state index contributed by atoms with van der Waals surface area (Å²) in [4.78, 5) is 19.0. The summed E-state index contributed by atoms with van der Waals surface area (Å²) in [5, 5.41) is 17.2. The standard InChI is InChI=1S/C25H26N6O2/c1-30-25(14-22(29-30)19-4-5-19)33-23-12-17(15-26)2-6-20(23)21-7-3-18(16-28-21)13-24(32)31-10-8-27-9-11-31/h2-3,6-7,12,14,16,19,27H,4-5,8-11,13H2,1H3. The summed E-state index contributed by atoms with van der Waals surface area (Å²) in [5.74, 6) is 1.83. The van der Waals surface area contributed by atoms with Gasteiger partial charge in [-0.15, -0.1) is 0 Å². The minimum Gasteiger partial charge on any atom is -0.439 e. The summed E-state index contributed by atoms with van der Waals surface area (Å²) in [6.45, 7) is 3.16. The molecule has 0 unspecified atom stereocenters. The van der Waals surface area contributed by atoms with E-state index in [9.17, 15) is 10.1 Å².